The first kappa shape index (κ1) is 11.1. The largest absolute Gasteiger partial charge is 0.307 e. The van der Waals surface area contributed by atoms with E-state index in [4.69, 9.17) is 0 Å². The number of aryl methyl sites for hydroxylation is 1. The van der Waals surface area contributed by atoms with Gasteiger partial charge in [0, 0.05) is 11.4 Å². The van der Waals surface area contributed by atoms with Gasteiger partial charge in [-0.25, -0.2) is 8.42 Å². The molecule has 15 heavy (non-hydrogen) atoms. The van der Waals surface area contributed by atoms with Crippen molar-refractivity contribution in [3.05, 3.63) is 21.9 Å². The second kappa shape index (κ2) is 3.88. The molecule has 1 fully saturated rings. The molecule has 3 nitrogen and oxygen atoms in total. The zero-order chi connectivity index (χ0) is 11.1. The van der Waals surface area contributed by atoms with Crippen molar-refractivity contribution in [3.63, 3.8) is 0 Å². The van der Waals surface area contributed by atoms with Crippen LogP contribution < -0.4 is 5.32 Å². The molecule has 0 aromatic carbocycles. The lowest BCUT2D eigenvalue weighted by molar-refractivity contribution is 0.505. The zero-order valence-corrected chi connectivity index (χ0v) is 10.5. The van der Waals surface area contributed by atoms with Crippen molar-refractivity contribution in [1.29, 1.82) is 0 Å². The van der Waals surface area contributed by atoms with Crippen LogP contribution in [0.1, 0.15) is 23.4 Å². The lowest BCUT2D eigenvalue weighted by Gasteiger charge is -2.27. The zero-order valence-electron chi connectivity index (χ0n) is 8.86. The normalized spacial score (nSPS) is 30.3. The van der Waals surface area contributed by atoms with Crippen LogP contribution in [0.4, 0.5) is 0 Å². The van der Waals surface area contributed by atoms with Crippen molar-refractivity contribution < 1.29 is 8.42 Å². The summed E-state index contributed by atoms with van der Waals surface area (Å²) in [5.74, 6) is 0.232. The van der Waals surface area contributed by atoms with Crippen molar-refractivity contribution in [2.45, 2.75) is 25.1 Å². The van der Waals surface area contributed by atoms with Gasteiger partial charge < -0.3 is 5.32 Å². The average Bonchev–Trinajstić information content (AvgIpc) is 2.56. The molecule has 0 bridgehead atoms. The third kappa shape index (κ3) is 2.09. The predicted molar refractivity (Wildman–Crippen MR) is 63.0 cm³/mol. The number of hydrogen-bond acceptors (Lipinski definition) is 4. The molecule has 0 spiro atoms. The molecule has 2 heterocycles. The van der Waals surface area contributed by atoms with Gasteiger partial charge in [0.25, 0.3) is 0 Å². The Bertz CT molecular complexity index is 450. The van der Waals surface area contributed by atoms with E-state index < -0.39 is 9.84 Å². The maximum atomic E-state index is 11.8. The Hall–Kier alpha value is -0.390. The highest BCUT2D eigenvalue weighted by Crippen LogP contribution is 2.28. The van der Waals surface area contributed by atoms with Gasteiger partial charge in [-0.3, -0.25) is 0 Å². The standard InChI is InChI=1S/C10H15NO2S2/c1-7-3-4-14-10(7)9-6-15(12,13)8(2)5-11-9/h3-4,8-9,11H,5-6H2,1-2H3. The monoisotopic (exact) mass is 245 g/mol. The van der Waals surface area contributed by atoms with Gasteiger partial charge in [-0.15, -0.1) is 11.3 Å². The van der Waals surface area contributed by atoms with Crippen LogP contribution in [0.2, 0.25) is 0 Å². The summed E-state index contributed by atoms with van der Waals surface area (Å²) >= 11 is 1.63. The highest BCUT2D eigenvalue weighted by molar-refractivity contribution is 7.92. The number of sulfone groups is 1. The molecule has 1 aromatic rings. The van der Waals surface area contributed by atoms with Gasteiger partial charge >= 0.3 is 0 Å². The maximum Gasteiger partial charge on any atom is 0.156 e. The van der Waals surface area contributed by atoms with E-state index in [1.54, 1.807) is 18.3 Å². The summed E-state index contributed by atoms with van der Waals surface area (Å²) in [6, 6.07) is 2.03. The Kier molecular flexibility index (Phi) is 2.87. The molecule has 0 amide bonds. The highest BCUT2D eigenvalue weighted by atomic mass is 32.2. The smallest absolute Gasteiger partial charge is 0.156 e. The van der Waals surface area contributed by atoms with Gasteiger partial charge in [0.15, 0.2) is 9.84 Å². The molecule has 0 aliphatic carbocycles. The fraction of sp³-hybridized carbons (Fsp3) is 0.600. The third-order valence-electron chi connectivity index (χ3n) is 2.88. The van der Waals surface area contributed by atoms with Crippen molar-refractivity contribution in [2.75, 3.05) is 12.3 Å². The van der Waals surface area contributed by atoms with Crippen LogP contribution in [0.25, 0.3) is 0 Å². The van der Waals surface area contributed by atoms with Crippen LogP contribution in [0.15, 0.2) is 11.4 Å². The summed E-state index contributed by atoms with van der Waals surface area (Å²) in [7, 11) is -2.91. The lowest BCUT2D eigenvalue weighted by Crippen LogP contribution is -2.44. The second-order valence-electron chi connectivity index (χ2n) is 4.07. The molecule has 2 atom stereocenters. The van der Waals surface area contributed by atoms with Gasteiger partial charge in [-0.1, -0.05) is 0 Å². The molecular formula is C10H15NO2S2. The van der Waals surface area contributed by atoms with E-state index in [0.717, 1.165) is 4.88 Å². The summed E-state index contributed by atoms with van der Waals surface area (Å²) < 4.78 is 23.5. The first-order chi connectivity index (χ1) is 7.00. The molecule has 0 radical (unpaired) electrons. The van der Waals surface area contributed by atoms with Crippen LogP contribution in [0, 0.1) is 6.92 Å². The van der Waals surface area contributed by atoms with E-state index in [1.807, 2.05) is 18.4 Å². The maximum absolute atomic E-state index is 11.8. The first-order valence-electron chi connectivity index (χ1n) is 4.99. The number of nitrogens with one attached hydrogen (secondary N) is 1. The van der Waals surface area contributed by atoms with Crippen molar-refractivity contribution in [3.8, 4) is 0 Å². The second-order valence-corrected chi connectivity index (χ2v) is 7.48. The molecule has 1 aliphatic rings. The minimum atomic E-state index is -2.91. The summed E-state index contributed by atoms with van der Waals surface area (Å²) in [4.78, 5) is 1.16. The molecular weight excluding hydrogens is 230 g/mol. The Labute approximate surface area is 94.4 Å². The Balaban J connectivity index is 2.25. The number of hydrogen-bond donors (Lipinski definition) is 1. The SMILES string of the molecule is Cc1ccsc1C1CS(=O)(=O)C(C)CN1. The van der Waals surface area contributed by atoms with E-state index in [1.165, 1.54) is 5.56 Å². The molecule has 5 heteroatoms. The summed E-state index contributed by atoms with van der Waals surface area (Å²) in [6.45, 7) is 4.35. The van der Waals surface area contributed by atoms with E-state index >= 15 is 0 Å². The fourth-order valence-corrected chi connectivity index (χ4v) is 4.34. The van der Waals surface area contributed by atoms with Crippen molar-refractivity contribution >= 4 is 21.2 Å². The van der Waals surface area contributed by atoms with Crippen LogP contribution >= 0.6 is 11.3 Å². The van der Waals surface area contributed by atoms with Crippen LogP contribution in [0.5, 0.6) is 0 Å². The third-order valence-corrected chi connectivity index (χ3v) is 6.21. The topological polar surface area (TPSA) is 46.2 Å². The van der Waals surface area contributed by atoms with E-state index in [-0.39, 0.29) is 17.0 Å². The quantitative estimate of drug-likeness (QED) is 0.815. The average molecular weight is 245 g/mol. The Morgan fingerprint density at radius 2 is 2.27 bits per heavy atom. The molecule has 0 saturated carbocycles. The van der Waals surface area contributed by atoms with Gasteiger partial charge in [-0.2, -0.15) is 0 Å². The van der Waals surface area contributed by atoms with Crippen LogP contribution in [-0.4, -0.2) is 26.0 Å². The molecule has 84 valence electrons. The molecule has 1 N–H and O–H groups in total. The highest BCUT2D eigenvalue weighted by Gasteiger charge is 2.32. The minimum Gasteiger partial charge on any atom is -0.307 e. The summed E-state index contributed by atoms with van der Waals surface area (Å²) in [5, 5.41) is 5.05. The minimum absolute atomic E-state index is 0.00815. The number of rotatable bonds is 1. The number of thiophene rings is 1. The van der Waals surface area contributed by atoms with Gasteiger partial charge in [0.1, 0.15) is 0 Å². The van der Waals surface area contributed by atoms with Crippen molar-refractivity contribution in [2.24, 2.45) is 0 Å². The molecule has 1 aliphatic heterocycles. The summed E-state index contributed by atoms with van der Waals surface area (Å²) in [5.41, 5.74) is 1.18. The Morgan fingerprint density at radius 3 is 2.80 bits per heavy atom. The molecule has 1 aromatic heterocycles. The first-order valence-corrected chi connectivity index (χ1v) is 7.59. The van der Waals surface area contributed by atoms with Crippen molar-refractivity contribution in [1.82, 2.24) is 5.32 Å². The fourth-order valence-electron chi connectivity index (χ4n) is 1.80. The van der Waals surface area contributed by atoms with Gasteiger partial charge in [0.2, 0.25) is 0 Å². The molecule has 2 rings (SSSR count). The van der Waals surface area contributed by atoms with Crippen LogP contribution in [-0.2, 0) is 9.84 Å². The molecule has 2 unspecified atom stereocenters. The van der Waals surface area contributed by atoms with E-state index in [0.29, 0.717) is 6.54 Å². The van der Waals surface area contributed by atoms with Crippen LogP contribution in [0.3, 0.4) is 0 Å². The van der Waals surface area contributed by atoms with Gasteiger partial charge in [-0.05, 0) is 30.9 Å². The summed E-state index contributed by atoms with van der Waals surface area (Å²) in [6.07, 6.45) is 0. The van der Waals surface area contributed by atoms with Gasteiger partial charge in [0.05, 0.1) is 17.0 Å². The van der Waals surface area contributed by atoms with E-state index in [2.05, 4.69) is 5.32 Å². The molecule has 1 saturated heterocycles. The Morgan fingerprint density at radius 1 is 1.53 bits per heavy atom. The van der Waals surface area contributed by atoms with E-state index in [9.17, 15) is 8.42 Å². The predicted octanol–water partition coefficient (Wildman–Crippen LogP) is 1.50. The lowest BCUT2D eigenvalue weighted by atomic mass is 10.2.